The highest BCUT2D eigenvalue weighted by Crippen LogP contribution is 2.31. The number of halogens is 4. The number of nitrogens with one attached hydrogen (secondary N) is 1. The van der Waals surface area contributed by atoms with Crippen molar-refractivity contribution in [2.24, 2.45) is 0 Å². The molecule has 23 heavy (non-hydrogen) atoms. The van der Waals surface area contributed by atoms with E-state index in [0.717, 1.165) is 12.1 Å². The Balaban J connectivity index is 2.20. The number of phenols is 1. The van der Waals surface area contributed by atoms with Gasteiger partial charge >= 0.3 is 6.18 Å². The van der Waals surface area contributed by atoms with E-state index in [1.165, 1.54) is 30.3 Å². The van der Waals surface area contributed by atoms with E-state index in [1.54, 1.807) is 6.92 Å². The van der Waals surface area contributed by atoms with E-state index in [9.17, 15) is 23.1 Å². The first-order valence-corrected chi connectivity index (χ1v) is 7.03. The highest BCUT2D eigenvalue weighted by atomic mass is 35.5. The molecule has 1 amide bonds. The number of hydrogen-bond acceptors (Lipinski definition) is 2. The average Bonchev–Trinajstić information content (AvgIpc) is 2.48. The number of carbonyl (C=O) groups excluding carboxylic acids is 1. The molecule has 1 unspecified atom stereocenters. The van der Waals surface area contributed by atoms with Gasteiger partial charge in [0.2, 0.25) is 0 Å². The van der Waals surface area contributed by atoms with Gasteiger partial charge in [-0.15, -0.1) is 0 Å². The number of hydrogen-bond donors (Lipinski definition) is 2. The summed E-state index contributed by atoms with van der Waals surface area (Å²) in [6.45, 7) is 1.55. The molecule has 2 aromatic carbocycles. The van der Waals surface area contributed by atoms with Crippen molar-refractivity contribution in [3.8, 4) is 5.75 Å². The van der Waals surface area contributed by atoms with Crippen molar-refractivity contribution in [2.75, 3.05) is 0 Å². The van der Waals surface area contributed by atoms with Crippen LogP contribution in [0.25, 0.3) is 0 Å². The fraction of sp³-hybridized carbons (Fsp3) is 0.188. The van der Waals surface area contributed by atoms with Crippen LogP contribution < -0.4 is 5.32 Å². The third-order valence-electron chi connectivity index (χ3n) is 3.26. The number of benzene rings is 2. The molecule has 2 rings (SSSR count). The predicted molar refractivity (Wildman–Crippen MR) is 80.4 cm³/mol. The molecular formula is C16H13ClF3NO2. The van der Waals surface area contributed by atoms with Crippen LogP contribution in [0.5, 0.6) is 5.75 Å². The summed E-state index contributed by atoms with van der Waals surface area (Å²) in [6.07, 6.45) is -4.45. The first-order valence-electron chi connectivity index (χ1n) is 6.65. The topological polar surface area (TPSA) is 49.3 Å². The zero-order valence-corrected chi connectivity index (χ0v) is 12.7. The summed E-state index contributed by atoms with van der Waals surface area (Å²) >= 11 is 5.77. The fourth-order valence-corrected chi connectivity index (χ4v) is 2.20. The fourth-order valence-electron chi connectivity index (χ4n) is 2.03. The van der Waals surface area contributed by atoms with Crippen molar-refractivity contribution in [2.45, 2.75) is 19.1 Å². The number of carbonyl (C=O) groups is 1. The molecule has 0 aromatic heterocycles. The Morgan fingerprint density at radius 1 is 1.22 bits per heavy atom. The Hall–Kier alpha value is -2.21. The van der Waals surface area contributed by atoms with Gasteiger partial charge in [0.25, 0.3) is 5.91 Å². The van der Waals surface area contributed by atoms with Crippen LogP contribution in [0.2, 0.25) is 5.02 Å². The normalized spacial score (nSPS) is 12.7. The number of phenolic OH excluding ortho intramolecular Hbond substituents is 1. The molecular weight excluding hydrogens is 331 g/mol. The van der Waals surface area contributed by atoms with Gasteiger partial charge in [0, 0.05) is 5.02 Å². The van der Waals surface area contributed by atoms with Crippen molar-refractivity contribution in [3.63, 3.8) is 0 Å². The highest BCUT2D eigenvalue weighted by molar-refractivity contribution is 6.31. The van der Waals surface area contributed by atoms with Crippen molar-refractivity contribution in [1.29, 1.82) is 0 Å². The van der Waals surface area contributed by atoms with E-state index in [1.807, 2.05) is 0 Å². The second kappa shape index (κ2) is 6.50. The summed E-state index contributed by atoms with van der Waals surface area (Å²) in [7, 11) is 0. The Labute approximate surface area is 135 Å². The molecule has 0 aliphatic rings. The van der Waals surface area contributed by atoms with Gasteiger partial charge in [0.05, 0.1) is 17.2 Å². The minimum Gasteiger partial charge on any atom is -0.507 e. The van der Waals surface area contributed by atoms with Crippen LogP contribution in [0.15, 0.2) is 42.5 Å². The average molecular weight is 344 g/mol. The lowest BCUT2D eigenvalue weighted by Crippen LogP contribution is -2.27. The minimum absolute atomic E-state index is 0.0451. The molecule has 0 fully saturated rings. The van der Waals surface area contributed by atoms with Crippen LogP contribution in [0.3, 0.4) is 0 Å². The SMILES string of the molecule is CC(NC(=O)c1cc(Cl)ccc1O)c1cccc(C(F)(F)F)c1. The summed E-state index contributed by atoms with van der Waals surface area (Å²) in [5, 5.41) is 12.5. The zero-order valence-electron chi connectivity index (χ0n) is 12.0. The molecule has 0 saturated heterocycles. The maximum Gasteiger partial charge on any atom is 0.416 e. The Kier molecular flexibility index (Phi) is 4.85. The highest BCUT2D eigenvalue weighted by Gasteiger charge is 2.30. The van der Waals surface area contributed by atoms with Crippen LogP contribution in [-0.4, -0.2) is 11.0 Å². The van der Waals surface area contributed by atoms with Crippen molar-refractivity contribution in [3.05, 3.63) is 64.2 Å². The molecule has 0 saturated carbocycles. The van der Waals surface area contributed by atoms with Crippen LogP contribution in [0.4, 0.5) is 13.2 Å². The van der Waals surface area contributed by atoms with Gasteiger partial charge in [0.1, 0.15) is 5.75 Å². The van der Waals surface area contributed by atoms with Crippen molar-refractivity contribution in [1.82, 2.24) is 5.32 Å². The molecule has 0 bridgehead atoms. The molecule has 122 valence electrons. The van der Waals surface area contributed by atoms with Crippen molar-refractivity contribution >= 4 is 17.5 Å². The zero-order chi connectivity index (χ0) is 17.2. The second-order valence-electron chi connectivity index (χ2n) is 4.98. The molecule has 0 spiro atoms. The molecule has 3 nitrogen and oxygen atoms in total. The summed E-state index contributed by atoms with van der Waals surface area (Å²) in [5.41, 5.74) is -0.535. The van der Waals surface area contributed by atoms with Gasteiger partial charge in [-0.25, -0.2) is 0 Å². The molecule has 0 radical (unpaired) electrons. The molecule has 7 heteroatoms. The second-order valence-corrected chi connectivity index (χ2v) is 5.42. The Bertz CT molecular complexity index is 732. The van der Waals surface area contributed by atoms with Gasteiger partial charge in [-0.1, -0.05) is 23.7 Å². The summed E-state index contributed by atoms with van der Waals surface area (Å²) < 4.78 is 38.2. The quantitative estimate of drug-likeness (QED) is 0.858. The van der Waals surface area contributed by atoms with Crippen LogP contribution >= 0.6 is 11.6 Å². The summed E-state index contributed by atoms with van der Waals surface area (Å²) in [4.78, 5) is 12.1. The lowest BCUT2D eigenvalue weighted by molar-refractivity contribution is -0.137. The van der Waals surface area contributed by atoms with E-state index in [-0.39, 0.29) is 16.3 Å². The van der Waals surface area contributed by atoms with E-state index >= 15 is 0 Å². The number of amides is 1. The maximum absolute atomic E-state index is 12.7. The summed E-state index contributed by atoms with van der Waals surface area (Å²) in [6, 6.07) is 7.99. The monoisotopic (exact) mass is 343 g/mol. The van der Waals surface area contributed by atoms with E-state index in [4.69, 9.17) is 11.6 Å². The van der Waals surface area contributed by atoms with Crippen molar-refractivity contribution < 1.29 is 23.1 Å². The van der Waals surface area contributed by atoms with Gasteiger partial charge in [-0.05, 0) is 42.8 Å². The third-order valence-corrected chi connectivity index (χ3v) is 3.50. The van der Waals surface area contributed by atoms with Crippen LogP contribution in [-0.2, 0) is 6.18 Å². The maximum atomic E-state index is 12.7. The molecule has 0 aliphatic heterocycles. The first kappa shape index (κ1) is 17.1. The van der Waals surface area contributed by atoms with E-state index in [2.05, 4.69) is 5.32 Å². The third kappa shape index (κ3) is 4.16. The van der Waals surface area contributed by atoms with E-state index in [0.29, 0.717) is 5.56 Å². The van der Waals surface area contributed by atoms with Crippen LogP contribution in [0, 0.1) is 0 Å². The molecule has 1 atom stereocenters. The number of aromatic hydroxyl groups is 1. The standard InChI is InChI=1S/C16H13ClF3NO2/c1-9(10-3-2-4-11(7-10)16(18,19)20)21-15(23)13-8-12(17)5-6-14(13)22/h2-9,22H,1H3,(H,21,23). The molecule has 0 aliphatic carbocycles. The molecule has 0 heterocycles. The molecule has 2 N–H and O–H groups in total. The minimum atomic E-state index is -4.45. The Morgan fingerprint density at radius 3 is 2.57 bits per heavy atom. The first-order chi connectivity index (χ1) is 10.7. The number of rotatable bonds is 3. The van der Waals surface area contributed by atoms with Crippen LogP contribution in [0.1, 0.15) is 34.5 Å². The smallest absolute Gasteiger partial charge is 0.416 e. The van der Waals surface area contributed by atoms with E-state index < -0.39 is 23.7 Å². The van der Waals surface area contributed by atoms with Gasteiger partial charge in [-0.2, -0.15) is 13.2 Å². The largest absolute Gasteiger partial charge is 0.507 e. The Morgan fingerprint density at radius 2 is 1.91 bits per heavy atom. The van der Waals surface area contributed by atoms with Gasteiger partial charge in [-0.3, -0.25) is 4.79 Å². The molecule has 2 aromatic rings. The summed E-state index contributed by atoms with van der Waals surface area (Å²) in [5.74, 6) is -0.891. The lowest BCUT2D eigenvalue weighted by Gasteiger charge is -2.16. The lowest BCUT2D eigenvalue weighted by atomic mass is 10.0. The predicted octanol–water partition coefficient (Wildman–Crippen LogP) is 4.56. The van der Waals surface area contributed by atoms with Gasteiger partial charge in [0.15, 0.2) is 0 Å². The van der Waals surface area contributed by atoms with Gasteiger partial charge < -0.3 is 10.4 Å². The number of alkyl halides is 3.